The molecule has 2 amide bonds. The van der Waals surface area contributed by atoms with Crippen molar-refractivity contribution in [3.8, 4) is 0 Å². The Labute approximate surface area is 162 Å². The van der Waals surface area contributed by atoms with Crippen LogP contribution in [0.15, 0.2) is 28.9 Å². The van der Waals surface area contributed by atoms with E-state index in [1.54, 1.807) is 20.8 Å². The van der Waals surface area contributed by atoms with Crippen LogP contribution in [-0.2, 0) is 14.3 Å². The Kier molecular flexibility index (Phi) is 6.51. The van der Waals surface area contributed by atoms with Crippen LogP contribution < -0.4 is 5.32 Å². The van der Waals surface area contributed by atoms with Crippen LogP contribution in [-0.4, -0.2) is 34.2 Å². The number of anilines is 1. The maximum Gasteiger partial charge on any atom is 0.267 e. The van der Waals surface area contributed by atoms with E-state index in [4.69, 9.17) is 4.74 Å². The molecule has 148 valence electrons. The predicted molar refractivity (Wildman–Crippen MR) is 102 cm³/mol. The second-order valence-electron chi connectivity index (χ2n) is 6.87. The first-order valence-electron chi connectivity index (χ1n) is 8.66. The molecule has 0 radical (unpaired) electrons. The van der Waals surface area contributed by atoms with Gasteiger partial charge in [0.05, 0.1) is 5.69 Å². The molecule has 2 rings (SSSR count). The van der Waals surface area contributed by atoms with E-state index in [0.29, 0.717) is 16.7 Å². The van der Waals surface area contributed by atoms with Crippen molar-refractivity contribution in [2.75, 3.05) is 12.0 Å². The van der Waals surface area contributed by atoms with Crippen molar-refractivity contribution in [2.45, 2.75) is 51.8 Å². The van der Waals surface area contributed by atoms with Gasteiger partial charge in [0.2, 0.25) is 5.91 Å². The van der Waals surface area contributed by atoms with Gasteiger partial charge >= 0.3 is 0 Å². The van der Waals surface area contributed by atoms with Crippen molar-refractivity contribution in [1.29, 1.82) is 0 Å². The van der Waals surface area contributed by atoms with Gasteiger partial charge in [-0.3, -0.25) is 14.5 Å². The van der Waals surface area contributed by atoms with Crippen LogP contribution in [0.1, 0.15) is 41.0 Å². The number of carbonyl (C=O) groups excluding carboxylic acids is 2. The molecule has 27 heavy (non-hydrogen) atoms. The molecule has 0 saturated carbocycles. The predicted octanol–water partition coefficient (Wildman–Crippen LogP) is 4.26. The molecule has 1 aromatic rings. The summed E-state index contributed by atoms with van der Waals surface area (Å²) in [5.41, 5.74) is -1.46. The molecule has 1 aromatic carbocycles. The monoisotopic (exact) mass is 398 g/mol. The summed E-state index contributed by atoms with van der Waals surface area (Å²) in [6.07, 6.45) is 0.877. The first-order valence-corrected chi connectivity index (χ1v) is 9.54. The number of nitrogens with zero attached hydrogens (tertiary/aromatic N) is 1. The number of hydrogen-bond acceptors (Lipinski definition) is 4. The zero-order valence-corrected chi connectivity index (χ0v) is 16.9. The minimum Gasteiger partial charge on any atom is -0.476 e. The van der Waals surface area contributed by atoms with Gasteiger partial charge in [0, 0.05) is 11.3 Å². The zero-order valence-electron chi connectivity index (χ0n) is 16.1. The van der Waals surface area contributed by atoms with Gasteiger partial charge in [0.25, 0.3) is 5.91 Å². The molecule has 5 nitrogen and oxygen atoms in total. The van der Waals surface area contributed by atoms with Crippen LogP contribution in [0.2, 0.25) is 0 Å². The van der Waals surface area contributed by atoms with E-state index in [0.717, 1.165) is 18.6 Å². The number of thioether (sulfide) groups is 1. The molecule has 1 atom stereocenters. The Morgan fingerprint density at radius 3 is 2.67 bits per heavy atom. The molecule has 0 fully saturated rings. The fourth-order valence-corrected chi connectivity index (χ4v) is 3.39. The zero-order chi connectivity index (χ0) is 20.4. The lowest BCUT2D eigenvalue weighted by molar-refractivity contribution is -0.148. The van der Waals surface area contributed by atoms with Crippen LogP contribution in [0, 0.1) is 11.6 Å². The largest absolute Gasteiger partial charge is 0.476 e. The van der Waals surface area contributed by atoms with Gasteiger partial charge < -0.3 is 10.1 Å². The Morgan fingerprint density at radius 1 is 1.41 bits per heavy atom. The van der Waals surface area contributed by atoms with E-state index in [9.17, 15) is 18.4 Å². The molecule has 1 aliphatic rings. The summed E-state index contributed by atoms with van der Waals surface area (Å²) in [5, 5.41) is 2.64. The van der Waals surface area contributed by atoms with Crippen LogP contribution in [0.4, 0.5) is 14.5 Å². The van der Waals surface area contributed by atoms with Crippen LogP contribution in [0.25, 0.3) is 0 Å². The van der Waals surface area contributed by atoms with Crippen molar-refractivity contribution in [1.82, 2.24) is 4.90 Å². The highest BCUT2D eigenvalue weighted by atomic mass is 32.2. The lowest BCUT2D eigenvalue weighted by Gasteiger charge is -2.40. The number of rotatable bonds is 6. The quantitative estimate of drug-likeness (QED) is 0.778. The van der Waals surface area contributed by atoms with Gasteiger partial charge in [-0.15, -0.1) is 11.8 Å². The Morgan fingerprint density at radius 2 is 2.07 bits per heavy atom. The van der Waals surface area contributed by atoms with E-state index < -0.39 is 23.1 Å². The van der Waals surface area contributed by atoms with Gasteiger partial charge in [-0.05, 0) is 39.3 Å². The number of amides is 2. The Balaban J connectivity index is 2.22. The Hall–Kier alpha value is -2.09. The lowest BCUT2D eigenvalue weighted by atomic mass is 10.0. The number of ether oxygens (including phenoxy) is 1. The average molecular weight is 398 g/mol. The summed E-state index contributed by atoms with van der Waals surface area (Å²) in [5.74, 6) is -2.00. The summed E-state index contributed by atoms with van der Waals surface area (Å²) < 4.78 is 32.5. The van der Waals surface area contributed by atoms with Gasteiger partial charge in [-0.25, -0.2) is 8.78 Å². The van der Waals surface area contributed by atoms with Crippen molar-refractivity contribution in [2.24, 2.45) is 0 Å². The summed E-state index contributed by atoms with van der Waals surface area (Å²) in [6.45, 7) is 8.78. The first kappa shape index (κ1) is 21.2. The van der Waals surface area contributed by atoms with E-state index in [-0.39, 0.29) is 23.6 Å². The highest BCUT2D eigenvalue weighted by Crippen LogP contribution is 2.34. The number of carbonyl (C=O) groups is 2. The molecule has 0 spiro atoms. The second-order valence-corrected chi connectivity index (χ2v) is 8.31. The molecule has 0 aromatic heterocycles. The lowest BCUT2D eigenvalue weighted by Crippen LogP contribution is -2.57. The van der Waals surface area contributed by atoms with Crippen molar-refractivity contribution in [3.63, 3.8) is 0 Å². The fourth-order valence-electron chi connectivity index (χ4n) is 2.38. The summed E-state index contributed by atoms with van der Waals surface area (Å²) >= 11 is 1.41. The van der Waals surface area contributed by atoms with Gasteiger partial charge in [-0.2, -0.15) is 0 Å². The molecule has 0 saturated heterocycles. The second kappa shape index (κ2) is 8.29. The molecule has 8 heteroatoms. The molecular formula is C19H24F2N2O3S. The third-order valence-corrected chi connectivity index (χ3v) is 5.91. The van der Waals surface area contributed by atoms with Crippen molar-refractivity contribution < 1.29 is 23.1 Å². The van der Waals surface area contributed by atoms with Gasteiger partial charge in [0.15, 0.2) is 6.73 Å². The number of halogens is 2. The molecule has 1 N–H and O–H groups in total. The Bertz CT molecular complexity index is 780. The molecule has 0 bridgehead atoms. The molecular weight excluding hydrogens is 374 g/mol. The summed E-state index contributed by atoms with van der Waals surface area (Å²) in [4.78, 5) is 27.5. The standard InChI is InChI=1S/C19H24F2N2O3S/c1-6-11(2)27-16-12(3)26-10-23(17(16)24)19(4,5)18(25)22-15-8-7-13(20)9-14(15)21/h7-9,11H,6,10H2,1-5H3,(H,22,25). The van der Waals surface area contributed by atoms with Crippen molar-refractivity contribution in [3.05, 3.63) is 40.5 Å². The molecule has 0 aliphatic carbocycles. The van der Waals surface area contributed by atoms with Crippen LogP contribution >= 0.6 is 11.8 Å². The van der Waals surface area contributed by atoms with Crippen LogP contribution in [0.5, 0.6) is 0 Å². The molecule has 1 aliphatic heterocycles. The van der Waals surface area contributed by atoms with E-state index in [1.807, 2.05) is 13.8 Å². The average Bonchev–Trinajstić information content (AvgIpc) is 2.60. The van der Waals surface area contributed by atoms with E-state index in [2.05, 4.69) is 5.32 Å². The number of hydrogen-bond donors (Lipinski definition) is 1. The number of benzene rings is 1. The third-order valence-electron chi connectivity index (χ3n) is 4.47. The minimum atomic E-state index is -1.31. The summed E-state index contributed by atoms with van der Waals surface area (Å²) in [6, 6.07) is 2.88. The van der Waals surface area contributed by atoms with Crippen molar-refractivity contribution >= 4 is 29.3 Å². The maximum atomic E-state index is 13.8. The molecule has 1 heterocycles. The smallest absolute Gasteiger partial charge is 0.267 e. The maximum absolute atomic E-state index is 13.8. The third kappa shape index (κ3) is 4.61. The highest BCUT2D eigenvalue weighted by Gasteiger charge is 2.42. The summed E-state index contributed by atoms with van der Waals surface area (Å²) in [7, 11) is 0. The van der Waals surface area contributed by atoms with Crippen LogP contribution in [0.3, 0.4) is 0 Å². The van der Waals surface area contributed by atoms with Gasteiger partial charge in [-0.1, -0.05) is 13.8 Å². The highest BCUT2D eigenvalue weighted by molar-refractivity contribution is 8.04. The minimum absolute atomic E-state index is 0.0818. The molecule has 1 unspecified atom stereocenters. The number of allylic oxidation sites excluding steroid dienone is 1. The van der Waals surface area contributed by atoms with Gasteiger partial charge in [0.1, 0.15) is 27.8 Å². The van der Waals surface area contributed by atoms with E-state index in [1.165, 1.54) is 16.7 Å². The number of nitrogens with one attached hydrogen (secondary N) is 1. The fraction of sp³-hybridized carbons (Fsp3) is 0.474. The first-order chi connectivity index (χ1) is 12.6. The topological polar surface area (TPSA) is 58.6 Å². The van der Waals surface area contributed by atoms with E-state index >= 15 is 0 Å². The normalized spacial score (nSPS) is 16.3. The SMILES string of the molecule is CCC(C)SC1=C(C)OCN(C(C)(C)C(=O)Nc2ccc(F)cc2F)C1=O.